The Kier molecular flexibility index (Phi) is 3.51. The molecule has 1 aromatic carbocycles. The summed E-state index contributed by atoms with van der Waals surface area (Å²) in [7, 11) is -2.20. The average molecular weight is 284 g/mol. The number of carbonyl (C=O) groups is 1. The van der Waals surface area contributed by atoms with Gasteiger partial charge in [0.2, 0.25) is 15.9 Å². The lowest BCUT2D eigenvalue weighted by Crippen LogP contribution is -2.32. The summed E-state index contributed by atoms with van der Waals surface area (Å²) in [6.45, 7) is 1.91. The molecule has 1 fully saturated rings. The van der Waals surface area contributed by atoms with Gasteiger partial charge in [0.1, 0.15) is 11.0 Å². The molecule has 0 radical (unpaired) electrons. The van der Waals surface area contributed by atoms with Crippen LogP contribution in [-0.4, -0.2) is 33.2 Å². The minimum atomic E-state index is -3.71. The second-order valence-corrected chi connectivity index (χ2v) is 6.39. The zero-order valence-electron chi connectivity index (χ0n) is 10.8. The molecule has 1 aliphatic heterocycles. The number of hydrogen-bond donors (Lipinski definition) is 1. The fourth-order valence-electron chi connectivity index (χ4n) is 2.25. The fraction of sp³-hybridized carbons (Fsp3) is 0.417. The van der Waals surface area contributed by atoms with Gasteiger partial charge in [0.25, 0.3) is 0 Å². The summed E-state index contributed by atoms with van der Waals surface area (Å²) >= 11 is 0. The molecule has 1 amide bonds. The molecule has 19 heavy (non-hydrogen) atoms. The Labute approximate surface area is 112 Å². The van der Waals surface area contributed by atoms with Crippen LogP contribution in [-0.2, 0) is 14.8 Å². The third-order valence-corrected chi connectivity index (χ3v) is 4.49. The largest absolute Gasteiger partial charge is 0.495 e. The van der Waals surface area contributed by atoms with Gasteiger partial charge in [0, 0.05) is 13.0 Å². The van der Waals surface area contributed by atoms with Crippen LogP contribution in [0, 0.1) is 6.92 Å². The number of nitrogens with two attached hydrogens (primary N) is 1. The number of anilines is 1. The maximum atomic E-state index is 12.0. The molecule has 2 rings (SSSR count). The van der Waals surface area contributed by atoms with Crippen molar-refractivity contribution in [1.82, 2.24) is 0 Å². The van der Waals surface area contributed by atoms with Gasteiger partial charge in [-0.15, -0.1) is 0 Å². The predicted octanol–water partition coefficient (Wildman–Crippen LogP) is 0.397. The Balaban J connectivity index is 2.41. The maximum Gasteiger partial charge on any atom is 0.228 e. The van der Waals surface area contributed by atoms with E-state index in [0.717, 1.165) is 5.56 Å². The maximum absolute atomic E-state index is 12.0. The van der Waals surface area contributed by atoms with E-state index in [4.69, 9.17) is 9.88 Å². The highest BCUT2D eigenvalue weighted by molar-refractivity contribution is 7.89. The number of sulfonamides is 1. The van der Waals surface area contributed by atoms with Crippen LogP contribution in [0.5, 0.6) is 5.75 Å². The van der Waals surface area contributed by atoms with E-state index in [0.29, 0.717) is 11.4 Å². The van der Waals surface area contributed by atoms with Gasteiger partial charge in [-0.2, -0.15) is 0 Å². The van der Waals surface area contributed by atoms with Crippen LogP contribution < -0.4 is 14.8 Å². The Morgan fingerprint density at radius 1 is 1.42 bits per heavy atom. The standard InChI is InChI=1S/C12H16N2O4S/c1-8-4-3-5-10(18-2)12(8)14-7-9(6-11(14)15)19(13,16)17/h3-5,9H,6-7H2,1-2H3,(H2,13,16,17). The van der Waals surface area contributed by atoms with Crippen molar-refractivity contribution in [3.8, 4) is 5.75 Å². The van der Waals surface area contributed by atoms with E-state index in [-0.39, 0.29) is 18.9 Å². The van der Waals surface area contributed by atoms with Crippen molar-refractivity contribution < 1.29 is 17.9 Å². The fourth-order valence-corrected chi connectivity index (χ4v) is 2.99. The van der Waals surface area contributed by atoms with Crippen LogP contribution in [0.25, 0.3) is 0 Å². The number of benzene rings is 1. The summed E-state index contributed by atoms with van der Waals surface area (Å²) in [6, 6.07) is 5.39. The van der Waals surface area contributed by atoms with Crippen LogP contribution in [0.15, 0.2) is 18.2 Å². The van der Waals surface area contributed by atoms with Gasteiger partial charge >= 0.3 is 0 Å². The Hall–Kier alpha value is -1.60. The Morgan fingerprint density at radius 2 is 2.11 bits per heavy atom. The summed E-state index contributed by atoms with van der Waals surface area (Å²) in [5.74, 6) is 0.287. The van der Waals surface area contributed by atoms with E-state index in [1.54, 1.807) is 6.07 Å². The number of ether oxygens (including phenoxy) is 1. The summed E-state index contributed by atoms with van der Waals surface area (Å²) in [5.41, 5.74) is 1.46. The lowest BCUT2D eigenvalue weighted by molar-refractivity contribution is -0.117. The zero-order chi connectivity index (χ0) is 14.2. The highest BCUT2D eigenvalue weighted by Gasteiger charge is 2.38. The van der Waals surface area contributed by atoms with Crippen molar-refractivity contribution in [1.29, 1.82) is 0 Å². The molecular formula is C12H16N2O4S. The zero-order valence-corrected chi connectivity index (χ0v) is 11.6. The molecule has 1 saturated heterocycles. The lowest BCUT2D eigenvalue weighted by Gasteiger charge is -2.21. The molecular weight excluding hydrogens is 268 g/mol. The third kappa shape index (κ3) is 2.57. The normalized spacial score (nSPS) is 19.8. The molecule has 6 nitrogen and oxygen atoms in total. The number of para-hydroxylation sites is 1. The van der Waals surface area contributed by atoms with Gasteiger partial charge in [-0.05, 0) is 18.6 Å². The van der Waals surface area contributed by atoms with Crippen molar-refractivity contribution in [2.24, 2.45) is 5.14 Å². The van der Waals surface area contributed by atoms with Crippen LogP contribution in [0.3, 0.4) is 0 Å². The first-order chi connectivity index (χ1) is 8.84. The predicted molar refractivity (Wildman–Crippen MR) is 71.6 cm³/mol. The number of methoxy groups -OCH3 is 1. The quantitative estimate of drug-likeness (QED) is 0.869. The van der Waals surface area contributed by atoms with E-state index in [1.165, 1.54) is 12.0 Å². The second-order valence-electron chi connectivity index (χ2n) is 4.55. The minimum Gasteiger partial charge on any atom is -0.495 e. The molecule has 1 unspecified atom stereocenters. The smallest absolute Gasteiger partial charge is 0.228 e. The molecule has 0 saturated carbocycles. The van der Waals surface area contributed by atoms with Gasteiger partial charge in [-0.25, -0.2) is 13.6 Å². The Morgan fingerprint density at radius 3 is 2.63 bits per heavy atom. The van der Waals surface area contributed by atoms with Crippen LogP contribution >= 0.6 is 0 Å². The van der Waals surface area contributed by atoms with Crippen LogP contribution in [0.2, 0.25) is 0 Å². The van der Waals surface area contributed by atoms with Crippen LogP contribution in [0.4, 0.5) is 5.69 Å². The summed E-state index contributed by atoms with van der Waals surface area (Å²) < 4.78 is 28.0. The minimum absolute atomic E-state index is 0.0683. The molecule has 1 heterocycles. The van der Waals surface area contributed by atoms with Crippen molar-refractivity contribution >= 4 is 21.6 Å². The van der Waals surface area contributed by atoms with Crippen LogP contribution in [0.1, 0.15) is 12.0 Å². The number of carbonyl (C=O) groups excluding carboxylic acids is 1. The topological polar surface area (TPSA) is 89.7 Å². The molecule has 0 bridgehead atoms. The number of nitrogens with zero attached hydrogens (tertiary/aromatic N) is 1. The highest BCUT2D eigenvalue weighted by Crippen LogP contribution is 2.35. The molecule has 0 spiro atoms. The van der Waals surface area contributed by atoms with E-state index in [2.05, 4.69) is 0 Å². The number of aryl methyl sites for hydroxylation is 1. The molecule has 7 heteroatoms. The molecule has 1 aromatic rings. The van der Waals surface area contributed by atoms with E-state index in [1.807, 2.05) is 19.1 Å². The number of rotatable bonds is 3. The first-order valence-electron chi connectivity index (χ1n) is 5.80. The summed E-state index contributed by atoms with van der Waals surface area (Å²) in [4.78, 5) is 13.4. The van der Waals surface area contributed by atoms with Gasteiger partial charge in [-0.3, -0.25) is 4.79 Å². The molecule has 104 valence electrons. The summed E-state index contributed by atoms with van der Waals surface area (Å²) in [6.07, 6.45) is -0.0870. The monoisotopic (exact) mass is 284 g/mol. The van der Waals surface area contributed by atoms with E-state index < -0.39 is 15.3 Å². The number of amides is 1. The number of primary sulfonamides is 1. The van der Waals surface area contributed by atoms with Gasteiger partial charge in [-0.1, -0.05) is 12.1 Å². The van der Waals surface area contributed by atoms with Crippen molar-refractivity contribution in [3.63, 3.8) is 0 Å². The van der Waals surface area contributed by atoms with Gasteiger partial charge < -0.3 is 9.64 Å². The first kappa shape index (κ1) is 13.8. The highest BCUT2D eigenvalue weighted by atomic mass is 32.2. The molecule has 2 N–H and O–H groups in total. The van der Waals surface area contributed by atoms with Gasteiger partial charge in [0.05, 0.1) is 12.8 Å². The summed E-state index contributed by atoms with van der Waals surface area (Å²) in [5, 5.41) is 4.26. The number of hydrogen-bond acceptors (Lipinski definition) is 4. The second kappa shape index (κ2) is 4.82. The molecule has 0 aromatic heterocycles. The average Bonchev–Trinajstić information content (AvgIpc) is 2.70. The Bertz CT molecular complexity index is 612. The SMILES string of the molecule is COc1cccc(C)c1N1CC(S(N)(=O)=O)CC1=O. The third-order valence-electron chi connectivity index (χ3n) is 3.24. The van der Waals surface area contributed by atoms with Gasteiger partial charge in [0.15, 0.2) is 0 Å². The van der Waals surface area contributed by atoms with Crippen molar-refractivity contribution in [2.45, 2.75) is 18.6 Å². The molecule has 0 aliphatic carbocycles. The van der Waals surface area contributed by atoms with E-state index >= 15 is 0 Å². The van der Waals surface area contributed by atoms with Crippen molar-refractivity contribution in [2.75, 3.05) is 18.6 Å². The first-order valence-corrected chi connectivity index (χ1v) is 7.41. The molecule has 1 atom stereocenters. The molecule has 1 aliphatic rings. The lowest BCUT2D eigenvalue weighted by atomic mass is 10.1. The van der Waals surface area contributed by atoms with E-state index in [9.17, 15) is 13.2 Å². The van der Waals surface area contributed by atoms with Crippen molar-refractivity contribution in [3.05, 3.63) is 23.8 Å².